The van der Waals surface area contributed by atoms with E-state index in [1.165, 1.54) is 12.1 Å². The average molecular weight is 330 g/mol. The van der Waals surface area contributed by atoms with Crippen molar-refractivity contribution >= 4 is 40.5 Å². The molecule has 0 bridgehead atoms. The number of nitro benzene ring substituents is 1. The number of hydrogen-bond donors (Lipinski definition) is 1. The lowest BCUT2D eigenvalue weighted by atomic mass is 10.2. The Morgan fingerprint density at radius 3 is 2.67 bits per heavy atom. The average Bonchev–Trinajstić information content (AvgIpc) is 2.43. The number of benzene rings is 1. The number of nitrogens with zero attached hydrogens (tertiary/aromatic N) is 2. The number of nitrogens with one attached hydrogen (secondary N) is 1. The molecular weight excluding hydrogens is 324 g/mol. The summed E-state index contributed by atoms with van der Waals surface area (Å²) in [5, 5.41) is 12.8. The third-order valence-corrected chi connectivity index (χ3v) is 3.08. The van der Waals surface area contributed by atoms with Gasteiger partial charge in [0.2, 0.25) is 0 Å². The summed E-state index contributed by atoms with van der Waals surface area (Å²) in [5.74, 6) is -1.46. The van der Waals surface area contributed by atoms with Crippen LogP contribution in [0.15, 0.2) is 30.5 Å². The molecule has 0 atom stereocenters. The summed E-state index contributed by atoms with van der Waals surface area (Å²) in [6.07, 6.45) is 0.873. The van der Waals surface area contributed by atoms with E-state index < -0.39 is 16.6 Å². The second kappa shape index (κ2) is 6.02. The first-order valence-electron chi connectivity index (χ1n) is 5.45. The molecule has 2 rings (SSSR count). The minimum Gasteiger partial charge on any atom is -0.321 e. The van der Waals surface area contributed by atoms with E-state index in [0.717, 1.165) is 18.3 Å². The smallest absolute Gasteiger partial charge is 0.271 e. The van der Waals surface area contributed by atoms with E-state index in [4.69, 9.17) is 23.2 Å². The molecule has 0 saturated carbocycles. The van der Waals surface area contributed by atoms with Crippen LogP contribution >= 0.6 is 23.2 Å². The first-order valence-corrected chi connectivity index (χ1v) is 6.20. The lowest BCUT2D eigenvalue weighted by Crippen LogP contribution is -2.13. The van der Waals surface area contributed by atoms with Crippen molar-refractivity contribution in [1.82, 2.24) is 4.98 Å². The summed E-state index contributed by atoms with van der Waals surface area (Å²) in [6, 6.07) is 4.44. The van der Waals surface area contributed by atoms with E-state index in [1.54, 1.807) is 0 Å². The second-order valence-corrected chi connectivity index (χ2v) is 4.63. The summed E-state index contributed by atoms with van der Waals surface area (Å²) >= 11 is 11.5. The Balaban J connectivity index is 2.27. The van der Waals surface area contributed by atoms with Crippen LogP contribution in [0.5, 0.6) is 0 Å². The van der Waals surface area contributed by atoms with E-state index in [0.29, 0.717) is 0 Å². The van der Waals surface area contributed by atoms with Crippen molar-refractivity contribution in [2.24, 2.45) is 0 Å². The SMILES string of the molecule is O=C(Nc1ccc([N+](=O)[O-])cc1Cl)c1cc(F)cnc1Cl. The highest BCUT2D eigenvalue weighted by Crippen LogP contribution is 2.27. The van der Waals surface area contributed by atoms with Gasteiger partial charge >= 0.3 is 0 Å². The van der Waals surface area contributed by atoms with Crippen LogP contribution in [0.25, 0.3) is 0 Å². The van der Waals surface area contributed by atoms with Crippen molar-refractivity contribution in [1.29, 1.82) is 0 Å². The molecule has 21 heavy (non-hydrogen) atoms. The Morgan fingerprint density at radius 2 is 2.05 bits per heavy atom. The highest BCUT2D eigenvalue weighted by atomic mass is 35.5. The molecule has 1 heterocycles. The molecule has 0 aliphatic rings. The zero-order valence-electron chi connectivity index (χ0n) is 10.1. The van der Waals surface area contributed by atoms with Crippen LogP contribution in [0.3, 0.4) is 0 Å². The predicted molar refractivity (Wildman–Crippen MR) is 75.3 cm³/mol. The van der Waals surface area contributed by atoms with Gasteiger partial charge in [0.25, 0.3) is 11.6 Å². The second-order valence-electron chi connectivity index (χ2n) is 3.87. The number of nitro groups is 1. The predicted octanol–water partition coefficient (Wildman–Crippen LogP) is 3.69. The Hall–Kier alpha value is -2.25. The Morgan fingerprint density at radius 1 is 1.33 bits per heavy atom. The summed E-state index contributed by atoms with van der Waals surface area (Å²) < 4.78 is 13.1. The Bertz CT molecular complexity index is 740. The molecule has 0 aliphatic carbocycles. The van der Waals surface area contributed by atoms with Gasteiger partial charge in [-0.25, -0.2) is 9.37 Å². The van der Waals surface area contributed by atoms with Gasteiger partial charge in [-0.05, 0) is 12.1 Å². The van der Waals surface area contributed by atoms with Crippen molar-refractivity contribution in [3.8, 4) is 0 Å². The number of anilines is 1. The van der Waals surface area contributed by atoms with Crippen LogP contribution in [-0.4, -0.2) is 15.8 Å². The minimum atomic E-state index is -0.734. The zero-order chi connectivity index (χ0) is 15.6. The van der Waals surface area contributed by atoms with Gasteiger partial charge in [0.1, 0.15) is 11.0 Å². The molecule has 0 radical (unpaired) electrons. The number of carbonyl (C=O) groups excluding carboxylic acids is 1. The molecule has 1 aromatic carbocycles. The maximum Gasteiger partial charge on any atom is 0.271 e. The van der Waals surface area contributed by atoms with Gasteiger partial charge in [-0.2, -0.15) is 0 Å². The number of carbonyl (C=O) groups is 1. The zero-order valence-corrected chi connectivity index (χ0v) is 11.7. The van der Waals surface area contributed by atoms with Gasteiger partial charge in [0.15, 0.2) is 0 Å². The first kappa shape index (κ1) is 15.1. The molecular formula is C12H6Cl2FN3O3. The normalized spacial score (nSPS) is 10.2. The van der Waals surface area contributed by atoms with Gasteiger partial charge in [-0.1, -0.05) is 23.2 Å². The van der Waals surface area contributed by atoms with Crippen molar-refractivity contribution < 1.29 is 14.1 Å². The standard InChI is InChI=1S/C12H6Cl2FN3O3/c13-9-4-7(18(20)21)1-2-10(9)17-12(19)8-3-6(15)5-16-11(8)14/h1-5H,(H,17,19). The minimum absolute atomic E-state index is 0.0296. The molecule has 0 aliphatic heterocycles. The van der Waals surface area contributed by atoms with E-state index in [9.17, 15) is 19.3 Å². The summed E-state index contributed by atoms with van der Waals surface area (Å²) in [6.45, 7) is 0. The van der Waals surface area contributed by atoms with Gasteiger partial charge in [-0.3, -0.25) is 14.9 Å². The third kappa shape index (κ3) is 3.45. The van der Waals surface area contributed by atoms with Gasteiger partial charge in [-0.15, -0.1) is 0 Å². The molecule has 9 heteroatoms. The molecule has 0 saturated heterocycles. The van der Waals surface area contributed by atoms with Gasteiger partial charge in [0.05, 0.1) is 27.4 Å². The fourth-order valence-corrected chi connectivity index (χ4v) is 1.90. The van der Waals surface area contributed by atoms with Crippen molar-refractivity contribution in [3.05, 3.63) is 62.1 Å². The molecule has 1 N–H and O–H groups in total. The highest BCUT2D eigenvalue weighted by Gasteiger charge is 2.16. The molecule has 108 valence electrons. The van der Waals surface area contributed by atoms with Crippen LogP contribution in [0.4, 0.5) is 15.8 Å². The number of aromatic nitrogens is 1. The molecule has 0 unspecified atom stereocenters. The molecule has 1 amide bonds. The number of non-ortho nitro benzene ring substituents is 1. The topological polar surface area (TPSA) is 85.1 Å². The van der Waals surface area contributed by atoms with Crippen LogP contribution in [-0.2, 0) is 0 Å². The number of pyridine rings is 1. The molecule has 1 aromatic heterocycles. The van der Waals surface area contributed by atoms with Crippen molar-refractivity contribution in [3.63, 3.8) is 0 Å². The maximum absolute atomic E-state index is 13.1. The largest absolute Gasteiger partial charge is 0.321 e. The summed E-state index contributed by atoms with van der Waals surface area (Å²) in [7, 11) is 0. The molecule has 0 spiro atoms. The van der Waals surface area contributed by atoms with E-state index in [-0.39, 0.29) is 27.1 Å². The fourth-order valence-electron chi connectivity index (χ4n) is 1.49. The molecule has 6 nitrogen and oxygen atoms in total. The van der Waals surface area contributed by atoms with Gasteiger partial charge < -0.3 is 5.32 Å². The lowest BCUT2D eigenvalue weighted by molar-refractivity contribution is -0.384. The number of hydrogen-bond acceptors (Lipinski definition) is 4. The van der Waals surface area contributed by atoms with Gasteiger partial charge in [0, 0.05) is 12.1 Å². The van der Waals surface area contributed by atoms with Crippen LogP contribution in [0, 0.1) is 15.9 Å². The van der Waals surface area contributed by atoms with Crippen LogP contribution in [0.1, 0.15) is 10.4 Å². The monoisotopic (exact) mass is 329 g/mol. The Labute approximate surface area is 127 Å². The Kier molecular flexibility index (Phi) is 4.35. The quantitative estimate of drug-likeness (QED) is 0.528. The highest BCUT2D eigenvalue weighted by molar-refractivity contribution is 6.35. The van der Waals surface area contributed by atoms with E-state index in [1.807, 2.05) is 0 Å². The first-order chi connectivity index (χ1) is 9.88. The number of halogens is 3. The van der Waals surface area contributed by atoms with Crippen LogP contribution in [0.2, 0.25) is 10.2 Å². The maximum atomic E-state index is 13.1. The number of amides is 1. The van der Waals surface area contributed by atoms with E-state index >= 15 is 0 Å². The molecule has 2 aromatic rings. The van der Waals surface area contributed by atoms with E-state index in [2.05, 4.69) is 10.3 Å². The molecule has 0 fully saturated rings. The van der Waals surface area contributed by atoms with Crippen molar-refractivity contribution in [2.45, 2.75) is 0 Å². The van der Waals surface area contributed by atoms with Crippen molar-refractivity contribution in [2.75, 3.05) is 5.32 Å². The van der Waals surface area contributed by atoms with Crippen LogP contribution < -0.4 is 5.32 Å². The number of rotatable bonds is 3. The third-order valence-electron chi connectivity index (χ3n) is 2.46. The lowest BCUT2D eigenvalue weighted by Gasteiger charge is -2.08. The fraction of sp³-hybridized carbons (Fsp3) is 0. The summed E-state index contributed by atoms with van der Waals surface area (Å²) in [5.41, 5.74) is -0.262. The summed E-state index contributed by atoms with van der Waals surface area (Å²) in [4.78, 5) is 25.4.